The first kappa shape index (κ1) is 15.0. The molecule has 7 heteroatoms. The molecule has 1 saturated heterocycles. The predicted molar refractivity (Wildman–Crippen MR) is 80.4 cm³/mol. The van der Waals surface area contributed by atoms with Gasteiger partial charge in [-0.15, -0.1) is 0 Å². The van der Waals surface area contributed by atoms with Gasteiger partial charge in [0.25, 0.3) is 0 Å². The minimum atomic E-state index is -3.42. The number of nitrogens with zero attached hydrogens (tertiary/aromatic N) is 3. The van der Waals surface area contributed by atoms with Gasteiger partial charge < -0.3 is 5.73 Å². The van der Waals surface area contributed by atoms with Crippen molar-refractivity contribution >= 4 is 10.0 Å². The third kappa shape index (κ3) is 2.41. The summed E-state index contributed by atoms with van der Waals surface area (Å²) in [4.78, 5) is 0.409. The highest BCUT2D eigenvalue weighted by molar-refractivity contribution is 7.89. The Morgan fingerprint density at radius 3 is 2.67 bits per heavy atom. The standard InChI is InChI=1S/C14H24N4O2S/c1-10-14(11(2)17(16-10)7-3-6-15)21(19,20)18-9-12-4-5-13(18)8-12/h12-13H,3-9,15H2,1-2H3. The summed E-state index contributed by atoms with van der Waals surface area (Å²) in [6, 6.07) is 0.200. The van der Waals surface area contributed by atoms with Gasteiger partial charge in [-0.3, -0.25) is 4.68 Å². The quantitative estimate of drug-likeness (QED) is 0.880. The van der Waals surface area contributed by atoms with Crippen LogP contribution in [0.1, 0.15) is 37.1 Å². The molecule has 0 aromatic carbocycles. The van der Waals surface area contributed by atoms with Crippen molar-refractivity contribution in [3.8, 4) is 0 Å². The van der Waals surface area contributed by atoms with Crippen LogP contribution < -0.4 is 5.73 Å². The molecule has 0 amide bonds. The number of piperidine rings is 1. The Hall–Kier alpha value is -0.920. The molecule has 2 unspecified atom stereocenters. The summed E-state index contributed by atoms with van der Waals surface area (Å²) in [6.07, 6.45) is 4.00. The summed E-state index contributed by atoms with van der Waals surface area (Å²) in [5.41, 5.74) is 6.87. The normalized spacial score (nSPS) is 25.9. The van der Waals surface area contributed by atoms with Gasteiger partial charge in [0.15, 0.2) is 0 Å². The average Bonchev–Trinajstić information content (AvgIpc) is 3.11. The summed E-state index contributed by atoms with van der Waals surface area (Å²) in [5.74, 6) is 0.553. The second-order valence-electron chi connectivity index (χ2n) is 6.27. The predicted octanol–water partition coefficient (Wildman–Crippen LogP) is 1.02. The van der Waals surface area contributed by atoms with E-state index in [4.69, 9.17) is 5.73 Å². The van der Waals surface area contributed by atoms with Crippen molar-refractivity contribution in [2.24, 2.45) is 11.7 Å². The molecule has 1 aromatic heterocycles. The molecule has 118 valence electrons. The fraction of sp³-hybridized carbons (Fsp3) is 0.786. The lowest BCUT2D eigenvalue weighted by Crippen LogP contribution is -2.38. The van der Waals surface area contributed by atoms with Gasteiger partial charge in [0.1, 0.15) is 4.90 Å². The molecule has 3 rings (SSSR count). The molecule has 2 N–H and O–H groups in total. The second-order valence-corrected chi connectivity index (χ2v) is 8.10. The zero-order valence-electron chi connectivity index (χ0n) is 12.7. The fourth-order valence-electron chi connectivity index (χ4n) is 3.80. The molecule has 1 saturated carbocycles. The molecule has 2 bridgehead atoms. The molecule has 2 heterocycles. The topological polar surface area (TPSA) is 81.2 Å². The first-order chi connectivity index (χ1) is 9.95. The van der Waals surface area contributed by atoms with Crippen LogP contribution in [-0.2, 0) is 16.6 Å². The lowest BCUT2D eigenvalue weighted by Gasteiger charge is -2.26. The highest BCUT2D eigenvalue weighted by Gasteiger charge is 2.45. The first-order valence-electron chi connectivity index (χ1n) is 7.71. The Morgan fingerprint density at radius 1 is 1.33 bits per heavy atom. The number of rotatable bonds is 5. The molecular weight excluding hydrogens is 288 g/mol. The Balaban J connectivity index is 1.94. The van der Waals surface area contributed by atoms with Crippen LogP contribution in [0.2, 0.25) is 0 Å². The number of hydrogen-bond acceptors (Lipinski definition) is 4. The molecule has 2 aliphatic rings. The number of aryl methyl sites for hydroxylation is 2. The van der Waals surface area contributed by atoms with E-state index in [0.717, 1.165) is 25.0 Å². The highest BCUT2D eigenvalue weighted by Crippen LogP contribution is 2.41. The number of aromatic nitrogens is 2. The minimum Gasteiger partial charge on any atom is -0.330 e. The van der Waals surface area contributed by atoms with Crippen molar-refractivity contribution < 1.29 is 8.42 Å². The van der Waals surface area contributed by atoms with E-state index >= 15 is 0 Å². The summed E-state index contributed by atoms with van der Waals surface area (Å²) in [5, 5.41) is 4.40. The van der Waals surface area contributed by atoms with Crippen molar-refractivity contribution in [1.82, 2.24) is 14.1 Å². The molecule has 1 aliphatic carbocycles. The summed E-state index contributed by atoms with van der Waals surface area (Å²) >= 11 is 0. The van der Waals surface area contributed by atoms with Gasteiger partial charge in [0.2, 0.25) is 10.0 Å². The van der Waals surface area contributed by atoms with Crippen molar-refractivity contribution in [1.29, 1.82) is 0 Å². The SMILES string of the molecule is Cc1nn(CCCN)c(C)c1S(=O)(=O)N1CC2CCC1C2. The lowest BCUT2D eigenvalue weighted by atomic mass is 10.1. The highest BCUT2D eigenvalue weighted by atomic mass is 32.2. The Bertz CT molecular complexity index is 638. The summed E-state index contributed by atoms with van der Waals surface area (Å²) < 4.78 is 29.5. The van der Waals surface area contributed by atoms with Crippen LogP contribution in [0.5, 0.6) is 0 Å². The zero-order valence-corrected chi connectivity index (χ0v) is 13.6. The largest absolute Gasteiger partial charge is 0.330 e. The summed E-state index contributed by atoms with van der Waals surface area (Å²) in [6.45, 7) is 5.56. The van der Waals surface area contributed by atoms with Crippen molar-refractivity contribution in [3.05, 3.63) is 11.4 Å². The Kier molecular flexibility index (Phi) is 3.83. The molecule has 0 spiro atoms. The van der Waals surface area contributed by atoms with Crippen LogP contribution in [-0.4, -0.2) is 41.6 Å². The van der Waals surface area contributed by atoms with E-state index in [1.54, 1.807) is 15.9 Å². The van der Waals surface area contributed by atoms with Crippen LogP contribution in [0.3, 0.4) is 0 Å². The van der Waals surface area contributed by atoms with E-state index in [1.165, 1.54) is 6.42 Å². The van der Waals surface area contributed by atoms with Crippen molar-refractivity contribution in [2.45, 2.75) is 57.0 Å². The Morgan fingerprint density at radius 2 is 2.10 bits per heavy atom. The van der Waals surface area contributed by atoms with Crippen LogP contribution in [0.25, 0.3) is 0 Å². The molecule has 21 heavy (non-hydrogen) atoms. The number of sulfonamides is 1. The van der Waals surface area contributed by atoms with Gasteiger partial charge in [-0.1, -0.05) is 0 Å². The second kappa shape index (κ2) is 5.37. The molecule has 2 fully saturated rings. The minimum absolute atomic E-state index is 0.200. The number of hydrogen-bond donors (Lipinski definition) is 1. The third-order valence-electron chi connectivity index (χ3n) is 4.81. The number of nitrogens with two attached hydrogens (primary N) is 1. The van der Waals surface area contributed by atoms with Gasteiger partial charge in [-0.05, 0) is 52.0 Å². The van der Waals surface area contributed by atoms with E-state index in [9.17, 15) is 8.42 Å². The fourth-order valence-corrected chi connectivity index (χ4v) is 5.92. The Labute approximate surface area is 126 Å². The van der Waals surface area contributed by atoms with Crippen molar-refractivity contribution in [3.63, 3.8) is 0 Å². The van der Waals surface area contributed by atoms with Crippen LogP contribution in [0.4, 0.5) is 0 Å². The third-order valence-corrected chi connectivity index (χ3v) is 6.99. The van der Waals surface area contributed by atoms with Gasteiger partial charge in [-0.25, -0.2) is 8.42 Å². The molecule has 2 atom stereocenters. The van der Waals surface area contributed by atoms with E-state index < -0.39 is 10.0 Å². The van der Waals surface area contributed by atoms with Crippen LogP contribution in [0.15, 0.2) is 4.90 Å². The maximum absolute atomic E-state index is 13.0. The van der Waals surface area contributed by atoms with E-state index in [0.29, 0.717) is 36.1 Å². The van der Waals surface area contributed by atoms with Crippen molar-refractivity contribution in [2.75, 3.05) is 13.1 Å². The van der Waals surface area contributed by atoms with E-state index in [2.05, 4.69) is 5.10 Å². The lowest BCUT2D eigenvalue weighted by molar-refractivity contribution is 0.333. The summed E-state index contributed by atoms with van der Waals surface area (Å²) in [7, 11) is -3.42. The molecular formula is C14H24N4O2S. The smallest absolute Gasteiger partial charge is 0.247 e. The zero-order chi connectivity index (χ0) is 15.2. The molecule has 0 radical (unpaired) electrons. The molecule has 1 aromatic rings. The van der Waals surface area contributed by atoms with Gasteiger partial charge in [0.05, 0.1) is 11.4 Å². The van der Waals surface area contributed by atoms with E-state index in [-0.39, 0.29) is 6.04 Å². The monoisotopic (exact) mass is 312 g/mol. The van der Waals surface area contributed by atoms with Gasteiger partial charge in [-0.2, -0.15) is 9.40 Å². The number of fused-ring (bicyclic) bond motifs is 2. The van der Waals surface area contributed by atoms with E-state index in [1.807, 2.05) is 6.92 Å². The average molecular weight is 312 g/mol. The first-order valence-corrected chi connectivity index (χ1v) is 9.15. The molecule has 1 aliphatic heterocycles. The molecule has 6 nitrogen and oxygen atoms in total. The maximum atomic E-state index is 13.0. The van der Waals surface area contributed by atoms with Gasteiger partial charge >= 0.3 is 0 Å². The maximum Gasteiger partial charge on any atom is 0.247 e. The van der Waals surface area contributed by atoms with Crippen LogP contribution >= 0.6 is 0 Å². The van der Waals surface area contributed by atoms with Gasteiger partial charge in [0, 0.05) is 19.1 Å². The van der Waals surface area contributed by atoms with Crippen LogP contribution in [0, 0.1) is 19.8 Å².